The molecule has 1 aromatic rings. The second-order valence-corrected chi connectivity index (χ2v) is 4.58. The van der Waals surface area contributed by atoms with E-state index in [2.05, 4.69) is 23.7 Å². The smallest absolute Gasteiger partial charge is 0.224 e. The molecule has 1 aromatic heterocycles. The minimum Gasteiger partial charge on any atom is -0.351 e. The van der Waals surface area contributed by atoms with Crippen LogP contribution in [0.2, 0.25) is 0 Å². The maximum Gasteiger partial charge on any atom is 0.224 e. The molecule has 1 unspecified atom stereocenters. The minimum atomic E-state index is -0.102. The summed E-state index contributed by atoms with van der Waals surface area (Å²) in [7, 11) is 0. The van der Waals surface area contributed by atoms with Crippen molar-refractivity contribution in [2.75, 3.05) is 6.54 Å². The minimum absolute atomic E-state index is 0.0351. The van der Waals surface area contributed by atoms with Gasteiger partial charge in [-0.05, 0) is 23.4 Å². The SMILES string of the molecule is CCc1ccsc1CNC(=O)C(C)CN. The summed E-state index contributed by atoms with van der Waals surface area (Å²) < 4.78 is 0. The average molecular weight is 226 g/mol. The van der Waals surface area contributed by atoms with E-state index in [-0.39, 0.29) is 11.8 Å². The molecule has 0 aliphatic heterocycles. The summed E-state index contributed by atoms with van der Waals surface area (Å²) in [5.74, 6) is -0.0667. The van der Waals surface area contributed by atoms with Crippen LogP contribution in [0, 0.1) is 5.92 Å². The van der Waals surface area contributed by atoms with Crippen LogP contribution in [0.25, 0.3) is 0 Å². The van der Waals surface area contributed by atoms with Gasteiger partial charge in [-0.25, -0.2) is 0 Å². The molecule has 0 radical (unpaired) electrons. The Balaban J connectivity index is 2.47. The molecule has 1 rings (SSSR count). The third-order valence-corrected chi connectivity index (χ3v) is 3.41. The zero-order valence-corrected chi connectivity index (χ0v) is 10.1. The second kappa shape index (κ2) is 5.88. The third kappa shape index (κ3) is 3.32. The van der Waals surface area contributed by atoms with E-state index in [1.165, 1.54) is 10.4 Å². The molecule has 1 amide bonds. The second-order valence-electron chi connectivity index (χ2n) is 3.58. The van der Waals surface area contributed by atoms with Crippen LogP contribution in [0.4, 0.5) is 0 Å². The number of nitrogens with one attached hydrogen (secondary N) is 1. The standard InChI is InChI=1S/C11H18N2OS/c1-3-9-4-5-15-10(9)7-13-11(14)8(2)6-12/h4-5,8H,3,6-7,12H2,1-2H3,(H,13,14). The Kier molecular flexibility index (Phi) is 4.78. The van der Waals surface area contributed by atoms with Crippen LogP contribution in [0.15, 0.2) is 11.4 Å². The van der Waals surface area contributed by atoms with Crippen molar-refractivity contribution in [2.24, 2.45) is 11.7 Å². The van der Waals surface area contributed by atoms with Crippen LogP contribution in [-0.2, 0) is 17.8 Å². The molecular formula is C11H18N2OS. The van der Waals surface area contributed by atoms with Crippen molar-refractivity contribution in [3.05, 3.63) is 21.9 Å². The molecule has 84 valence electrons. The fraction of sp³-hybridized carbons (Fsp3) is 0.545. The van der Waals surface area contributed by atoms with E-state index in [0.717, 1.165) is 6.42 Å². The Hall–Kier alpha value is -0.870. The van der Waals surface area contributed by atoms with Crippen molar-refractivity contribution < 1.29 is 4.79 Å². The summed E-state index contributed by atoms with van der Waals surface area (Å²) in [6, 6.07) is 2.11. The molecule has 0 fully saturated rings. The van der Waals surface area contributed by atoms with E-state index in [1.54, 1.807) is 11.3 Å². The topological polar surface area (TPSA) is 55.1 Å². The number of carbonyl (C=O) groups is 1. The third-order valence-electron chi connectivity index (χ3n) is 2.44. The van der Waals surface area contributed by atoms with Crippen LogP contribution in [-0.4, -0.2) is 12.5 Å². The molecule has 0 saturated heterocycles. The van der Waals surface area contributed by atoms with Gasteiger partial charge in [0.05, 0.1) is 6.54 Å². The number of aryl methyl sites for hydroxylation is 1. The first kappa shape index (κ1) is 12.2. The van der Waals surface area contributed by atoms with E-state index >= 15 is 0 Å². The number of hydrogen-bond acceptors (Lipinski definition) is 3. The van der Waals surface area contributed by atoms with Crippen LogP contribution in [0.5, 0.6) is 0 Å². The maximum atomic E-state index is 11.5. The molecule has 15 heavy (non-hydrogen) atoms. The number of carbonyl (C=O) groups excluding carboxylic acids is 1. The highest BCUT2D eigenvalue weighted by Crippen LogP contribution is 2.16. The van der Waals surface area contributed by atoms with Gasteiger partial charge in [0, 0.05) is 17.3 Å². The summed E-state index contributed by atoms with van der Waals surface area (Å²) in [6.45, 7) is 4.99. The largest absolute Gasteiger partial charge is 0.351 e. The lowest BCUT2D eigenvalue weighted by atomic mass is 10.1. The fourth-order valence-electron chi connectivity index (χ4n) is 1.29. The molecule has 4 heteroatoms. The molecule has 3 N–H and O–H groups in total. The number of hydrogen-bond donors (Lipinski definition) is 2. The molecule has 0 aromatic carbocycles. The summed E-state index contributed by atoms with van der Waals surface area (Å²) in [5, 5.41) is 4.96. The maximum absolute atomic E-state index is 11.5. The fourth-order valence-corrected chi connectivity index (χ4v) is 2.20. The Morgan fingerprint density at radius 2 is 2.40 bits per heavy atom. The van der Waals surface area contributed by atoms with Crippen LogP contribution in [0.1, 0.15) is 24.3 Å². The molecular weight excluding hydrogens is 208 g/mol. The monoisotopic (exact) mass is 226 g/mol. The van der Waals surface area contributed by atoms with Crippen LogP contribution in [0.3, 0.4) is 0 Å². The predicted molar refractivity (Wildman–Crippen MR) is 63.8 cm³/mol. The summed E-state index contributed by atoms with van der Waals surface area (Å²) in [5.41, 5.74) is 6.74. The van der Waals surface area contributed by atoms with Gasteiger partial charge < -0.3 is 11.1 Å². The number of amides is 1. The van der Waals surface area contributed by atoms with Crippen molar-refractivity contribution >= 4 is 17.2 Å². The first-order valence-electron chi connectivity index (χ1n) is 5.22. The van der Waals surface area contributed by atoms with Gasteiger partial charge in [0.2, 0.25) is 5.91 Å². The van der Waals surface area contributed by atoms with Gasteiger partial charge in [0.25, 0.3) is 0 Å². The Morgan fingerprint density at radius 1 is 1.67 bits per heavy atom. The van der Waals surface area contributed by atoms with Crippen molar-refractivity contribution in [2.45, 2.75) is 26.8 Å². The molecule has 0 bridgehead atoms. The van der Waals surface area contributed by atoms with E-state index < -0.39 is 0 Å². The predicted octanol–water partition coefficient (Wildman–Crippen LogP) is 1.52. The number of rotatable bonds is 5. The highest BCUT2D eigenvalue weighted by molar-refractivity contribution is 7.10. The lowest BCUT2D eigenvalue weighted by molar-refractivity contribution is -0.124. The quantitative estimate of drug-likeness (QED) is 0.800. The first-order valence-corrected chi connectivity index (χ1v) is 6.10. The van der Waals surface area contributed by atoms with E-state index in [0.29, 0.717) is 13.1 Å². The zero-order valence-electron chi connectivity index (χ0n) is 9.25. The van der Waals surface area contributed by atoms with Crippen molar-refractivity contribution in [3.63, 3.8) is 0 Å². The lowest BCUT2D eigenvalue weighted by Crippen LogP contribution is -2.32. The van der Waals surface area contributed by atoms with Crippen LogP contribution < -0.4 is 11.1 Å². The molecule has 1 atom stereocenters. The average Bonchev–Trinajstić information content (AvgIpc) is 2.71. The Morgan fingerprint density at radius 3 is 3.00 bits per heavy atom. The summed E-state index contributed by atoms with van der Waals surface area (Å²) in [4.78, 5) is 12.7. The molecule has 0 aliphatic rings. The van der Waals surface area contributed by atoms with Gasteiger partial charge in [0.1, 0.15) is 0 Å². The van der Waals surface area contributed by atoms with E-state index in [9.17, 15) is 4.79 Å². The lowest BCUT2D eigenvalue weighted by Gasteiger charge is -2.09. The molecule has 0 aliphatic carbocycles. The summed E-state index contributed by atoms with van der Waals surface area (Å²) >= 11 is 1.69. The van der Waals surface area contributed by atoms with E-state index in [4.69, 9.17) is 5.73 Å². The molecule has 0 saturated carbocycles. The highest BCUT2D eigenvalue weighted by atomic mass is 32.1. The van der Waals surface area contributed by atoms with Gasteiger partial charge in [-0.15, -0.1) is 11.3 Å². The number of thiophene rings is 1. The number of nitrogens with two attached hydrogens (primary N) is 1. The van der Waals surface area contributed by atoms with Gasteiger partial charge in [-0.3, -0.25) is 4.79 Å². The van der Waals surface area contributed by atoms with Gasteiger partial charge >= 0.3 is 0 Å². The van der Waals surface area contributed by atoms with Crippen molar-refractivity contribution in [1.82, 2.24) is 5.32 Å². The Labute approximate surface area is 94.7 Å². The molecule has 0 spiro atoms. The van der Waals surface area contributed by atoms with E-state index in [1.807, 2.05) is 6.92 Å². The van der Waals surface area contributed by atoms with Crippen molar-refractivity contribution in [3.8, 4) is 0 Å². The van der Waals surface area contributed by atoms with Gasteiger partial charge in [-0.1, -0.05) is 13.8 Å². The first-order chi connectivity index (χ1) is 7.19. The Bertz CT molecular complexity index is 322. The normalized spacial score (nSPS) is 12.5. The van der Waals surface area contributed by atoms with Gasteiger partial charge in [-0.2, -0.15) is 0 Å². The molecule has 3 nitrogen and oxygen atoms in total. The summed E-state index contributed by atoms with van der Waals surface area (Å²) in [6.07, 6.45) is 1.02. The highest BCUT2D eigenvalue weighted by Gasteiger charge is 2.11. The van der Waals surface area contributed by atoms with Gasteiger partial charge in [0.15, 0.2) is 0 Å². The zero-order chi connectivity index (χ0) is 11.3. The molecule has 1 heterocycles. The van der Waals surface area contributed by atoms with Crippen molar-refractivity contribution in [1.29, 1.82) is 0 Å². The van der Waals surface area contributed by atoms with Crippen LogP contribution >= 0.6 is 11.3 Å².